The van der Waals surface area contributed by atoms with Gasteiger partial charge in [0, 0.05) is 18.3 Å². The molecule has 0 radical (unpaired) electrons. The highest BCUT2D eigenvalue weighted by atomic mass is 32.2. The van der Waals surface area contributed by atoms with Crippen molar-refractivity contribution in [2.24, 2.45) is 12.8 Å². The van der Waals surface area contributed by atoms with E-state index in [-0.39, 0.29) is 6.04 Å². The quantitative estimate of drug-likeness (QED) is 0.863. The first kappa shape index (κ1) is 13.6. The molecule has 1 aromatic heterocycles. The van der Waals surface area contributed by atoms with Gasteiger partial charge in [0.05, 0.1) is 0 Å². The smallest absolute Gasteiger partial charge is 0.191 e. The number of thioether (sulfide) groups is 1. The van der Waals surface area contributed by atoms with Crippen molar-refractivity contribution in [2.45, 2.75) is 42.6 Å². The van der Waals surface area contributed by atoms with E-state index in [9.17, 15) is 0 Å². The topological polar surface area (TPSA) is 56.7 Å². The van der Waals surface area contributed by atoms with Gasteiger partial charge >= 0.3 is 0 Å². The number of aryl methyl sites for hydroxylation is 2. The minimum absolute atomic E-state index is 0.0655. The summed E-state index contributed by atoms with van der Waals surface area (Å²) < 4.78 is 2.04. The van der Waals surface area contributed by atoms with Crippen molar-refractivity contribution < 1.29 is 0 Å². The number of nitrogens with zero attached hydrogens (tertiary/aromatic N) is 3. The van der Waals surface area contributed by atoms with Gasteiger partial charge in [0.2, 0.25) is 0 Å². The van der Waals surface area contributed by atoms with Crippen molar-refractivity contribution in [2.75, 3.05) is 0 Å². The monoisotopic (exact) mass is 288 g/mol. The molecule has 0 saturated heterocycles. The third-order valence-corrected chi connectivity index (χ3v) is 5.46. The van der Waals surface area contributed by atoms with Crippen molar-refractivity contribution >= 4 is 11.8 Å². The fourth-order valence-corrected chi connectivity index (χ4v) is 3.95. The highest BCUT2D eigenvalue weighted by molar-refractivity contribution is 7.99. The zero-order valence-corrected chi connectivity index (χ0v) is 12.7. The van der Waals surface area contributed by atoms with E-state index >= 15 is 0 Å². The molecule has 1 aromatic carbocycles. The minimum Gasteiger partial charge on any atom is -0.323 e. The third-order valence-electron chi connectivity index (χ3n) is 4.06. The summed E-state index contributed by atoms with van der Waals surface area (Å²) in [6.07, 6.45) is 3.42. The molecule has 3 rings (SSSR count). The number of hydrogen-bond donors (Lipinski definition) is 1. The van der Waals surface area contributed by atoms with Crippen LogP contribution in [0.15, 0.2) is 29.4 Å². The fourth-order valence-electron chi connectivity index (χ4n) is 2.72. The van der Waals surface area contributed by atoms with E-state index in [1.807, 2.05) is 18.5 Å². The molecule has 0 saturated carbocycles. The summed E-state index contributed by atoms with van der Waals surface area (Å²) >= 11 is 1.76. The Bertz CT molecular complexity index is 608. The highest BCUT2D eigenvalue weighted by Gasteiger charge is 2.27. The lowest BCUT2D eigenvalue weighted by Gasteiger charge is -2.21. The van der Waals surface area contributed by atoms with Crippen LogP contribution in [0.1, 0.15) is 35.8 Å². The lowest BCUT2D eigenvalue weighted by atomic mass is 10.00. The molecule has 0 amide bonds. The first-order chi connectivity index (χ1) is 9.66. The molecule has 106 valence electrons. The molecule has 1 aliphatic carbocycles. The zero-order chi connectivity index (χ0) is 14.1. The number of hydrogen-bond acceptors (Lipinski definition) is 4. The first-order valence-electron chi connectivity index (χ1n) is 7.03. The Balaban J connectivity index is 1.86. The molecule has 2 aromatic rings. The Morgan fingerprint density at radius 3 is 2.85 bits per heavy atom. The highest BCUT2D eigenvalue weighted by Crippen LogP contribution is 2.37. The Kier molecular flexibility index (Phi) is 3.81. The largest absolute Gasteiger partial charge is 0.323 e. The molecule has 5 heteroatoms. The Labute approximate surface area is 123 Å². The molecule has 20 heavy (non-hydrogen) atoms. The molecule has 4 nitrogen and oxygen atoms in total. The van der Waals surface area contributed by atoms with Crippen LogP contribution in [0.25, 0.3) is 0 Å². The van der Waals surface area contributed by atoms with Gasteiger partial charge in [-0.3, -0.25) is 0 Å². The molecule has 0 spiro atoms. The SMILES string of the molecule is Cc1nnc(SC2CCCc3ccccc3C2N)n1C. The fraction of sp³-hybridized carbons (Fsp3) is 0.467. The van der Waals surface area contributed by atoms with Crippen LogP contribution in [0.4, 0.5) is 0 Å². The Morgan fingerprint density at radius 2 is 2.10 bits per heavy atom. The van der Waals surface area contributed by atoms with E-state index in [4.69, 9.17) is 5.73 Å². The molecule has 0 aliphatic heterocycles. The zero-order valence-electron chi connectivity index (χ0n) is 11.9. The van der Waals surface area contributed by atoms with E-state index in [2.05, 4.69) is 34.5 Å². The van der Waals surface area contributed by atoms with Gasteiger partial charge < -0.3 is 10.3 Å². The molecule has 0 fully saturated rings. The molecule has 1 heterocycles. The maximum atomic E-state index is 6.52. The van der Waals surface area contributed by atoms with Crippen LogP contribution < -0.4 is 5.73 Å². The first-order valence-corrected chi connectivity index (χ1v) is 7.91. The Hall–Kier alpha value is -1.33. The van der Waals surface area contributed by atoms with Gasteiger partial charge in [-0.2, -0.15) is 0 Å². The van der Waals surface area contributed by atoms with Gasteiger partial charge in [0.15, 0.2) is 5.16 Å². The number of benzene rings is 1. The second-order valence-corrected chi connectivity index (χ2v) is 6.57. The maximum absolute atomic E-state index is 6.52. The maximum Gasteiger partial charge on any atom is 0.191 e. The van der Waals surface area contributed by atoms with Crippen molar-refractivity contribution in [1.29, 1.82) is 0 Å². The average Bonchev–Trinajstić information content (AvgIpc) is 2.69. The van der Waals surface area contributed by atoms with Crippen molar-refractivity contribution in [3.05, 3.63) is 41.2 Å². The lowest BCUT2D eigenvalue weighted by Crippen LogP contribution is -2.23. The predicted molar refractivity (Wildman–Crippen MR) is 81.7 cm³/mol. The molecular formula is C15H20N4S. The number of fused-ring (bicyclic) bond motifs is 1. The second-order valence-electron chi connectivity index (χ2n) is 5.36. The standard InChI is InChI=1S/C15H20N4S/c1-10-17-18-15(19(10)2)20-13-9-5-7-11-6-3-4-8-12(11)14(13)16/h3-4,6,8,13-14H,5,7,9,16H2,1-2H3. The third kappa shape index (κ3) is 2.47. The molecular weight excluding hydrogens is 268 g/mol. The van der Waals surface area contributed by atoms with Crippen LogP contribution in [0.5, 0.6) is 0 Å². The van der Waals surface area contributed by atoms with E-state index < -0.39 is 0 Å². The minimum atomic E-state index is 0.0655. The van der Waals surface area contributed by atoms with E-state index in [0.717, 1.165) is 23.8 Å². The van der Waals surface area contributed by atoms with Gasteiger partial charge in [-0.15, -0.1) is 10.2 Å². The lowest BCUT2D eigenvalue weighted by molar-refractivity contribution is 0.627. The summed E-state index contributed by atoms with van der Waals surface area (Å²) in [6, 6.07) is 8.62. The van der Waals surface area contributed by atoms with Gasteiger partial charge in [-0.25, -0.2) is 0 Å². The van der Waals surface area contributed by atoms with E-state index in [0.29, 0.717) is 5.25 Å². The molecule has 2 unspecified atom stereocenters. The molecule has 0 bridgehead atoms. The molecule has 1 aliphatic rings. The van der Waals surface area contributed by atoms with Gasteiger partial charge in [0.25, 0.3) is 0 Å². The van der Waals surface area contributed by atoms with E-state index in [1.54, 1.807) is 11.8 Å². The van der Waals surface area contributed by atoms with Crippen LogP contribution in [0, 0.1) is 6.92 Å². The predicted octanol–water partition coefficient (Wildman–Crippen LogP) is 2.62. The van der Waals surface area contributed by atoms with Crippen molar-refractivity contribution in [1.82, 2.24) is 14.8 Å². The average molecular weight is 288 g/mol. The summed E-state index contributed by atoms with van der Waals surface area (Å²) in [4.78, 5) is 0. The van der Waals surface area contributed by atoms with Crippen LogP contribution >= 0.6 is 11.8 Å². The molecule has 2 atom stereocenters. The number of aromatic nitrogens is 3. The van der Waals surface area contributed by atoms with Gasteiger partial charge in [-0.05, 0) is 37.3 Å². The van der Waals surface area contributed by atoms with Crippen LogP contribution in [-0.2, 0) is 13.5 Å². The molecule has 2 N–H and O–H groups in total. The number of nitrogens with two attached hydrogens (primary N) is 1. The number of rotatable bonds is 2. The van der Waals surface area contributed by atoms with Gasteiger partial charge in [-0.1, -0.05) is 36.0 Å². The van der Waals surface area contributed by atoms with Gasteiger partial charge in [0.1, 0.15) is 5.82 Å². The summed E-state index contributed by atoms with van der Waals surface area (Å²) in [5.41, 5.74) is 9.21. The normalized spacial score (nSPS) is 22.4. The van der Waals surface area contributed by atoms with Crippen LogP contribution in [-0.4, -0.2) is 20.0 Å². The summed E-state index contributed by atoms with van der Waals surface area (Å²) in [5.74, 6) is 0.940. The van der Waals surface area contributed by atoms with Crippen molar-refractivity contribution in [3.63, 3.8) is 0 Å². The Morgan fingerprint density at radius 1 is 1.30 bits per heavy atom. The van der Waals surface area contributed by atoms with Crippen LogP contribution in [0.3, 0.4) is 0 Å². The summed E-state index contributed by atoms with van der Waals surface area (Å²) in [5, 5.41) is 9.70. The van der Waals surface area contributed by atoms with Crippen molar-refractivity contribution in [3.8, 4) is 0 Å². The van der Waals surface area contributed by atoms with Crippen LogP contribution in [0.2, 0.25) is 0 Å². The van der Waals surface area contributed by atoms with E-state index in [1.165, 1.54) is 17.5 Å². The summed E-state index contributed by atoms with van der Waals surface area (Å²) in [6.45, 7) is 1.97. The summed E-state index contributed by atoms with van der Waals surface area (Å²) in [7, 11) is 2.01. The second kappa shape index (κ2) is 5.58.